The van der Waals surface area contributed by atoms with Crippen molar-refractivity contribution < 1.29 is 0 Å². The molecule has 0 atom stereocenters. The predicted molar refractivity (Wildman–Crippen MR) is 49.0 cm³/mol. The van der Waals surface area contributed by atoms with Gasteiger partial charge in [-0.2, -0.15) is 0 Å². The van der Waals surface area contributed by atoms with Crippen LogP contribution in [0.4, 0.5) is 0 Å². The number of allylic oxidation sites excluding steroid dienone is 5. The summed E-state index contributed by atoms with van der Waals surface area (Å²) in [5, 5.41) is 3.23. The molecule has 0 aromatic carbocycles. The molecule has 0 amide bonds. The zero-order chi connectivity index (χ0) is 7.94. The van der Waals surface area contributed by atoms with Crippen LogP contribution < -0.4 is 5.32 Å². The molecule has 1 N–H and O–H groups in total. The average Bonchev–Trinajstić information content (AvgIpc) is 2.28. The van der Waals surface area contributed by atoms with E-state index >= 15 is 0 Å². The van der Waals surface area contributed by atoms with E-state index in [1.54, 1.807) is 0 Å². The van der Waals surface area contributed by atoms with Crippen LogP contribution in [0.3, 0.4) is 0 Å². The highest BCUT2D eigenvalue weighted by atomic mass is 14.8. The van der Waals surface area contributed by atoms with Gasteiger partial charge in [0.1, 0.15) is 0 Å². The summed E-state index contributed by atoms with van der Waals surface area (Å²) < 4.78 is 0. The SMILES string of the molecule is CCCCC1=CC=CC=CN1. The summed E-state index contributed by atoms with van der Waals surface area (Å²) in [6, 6.07) is 0. The maximum Gasteiger partial charge on any atom is 0.0146 e. The Kier molecular flexibility index (Phi) is 3.53. The van der Waals surface area contributed by atoms with Crippen molar-refractivity contribution in [3.05, 3.63) is 36.2 Å². The van der Waals surface area contributed by atoms with Gasteiger partial charge in [0.25, 0.3) is 0 Å². The summed E-state index contributed by atoms with van der Waals surface area (Å²) in [5.74, 6) is 0. The molecular weight excluding hydrogens is 134 g/mol. The molecule has 0 fully saturated rings. The maximum absolute atomic E-state index is 3.23. The molecule has 0 spiro atoms. The molecule has 1 aliphatic rings. The summed E-state index contributed by atoms with van der Waals surface area (Å²) >= 11 is 0. The van der Waals surface area contributed by atoms with E-state index in [1.807, 2.05) is 18.4 Å². The summed E-state index contributed by atoms with van der Waals surface area (Å²) in [5.41, 5.74) is 1.32. The molecule has 0 saturated carbocycles. The maximum atomic E-state index is 3.23. The third kappa shape index (κ3) is 3.08. The Morgan fingerprint density at radius 3 is 3.00 bits per heavy atom. The lowest BCUT2D eigenvalue weighted by molar-refractivity contribution is 0.756. The molecule has 0 unspecified atom stereocenters. The molecule has 1 aliphatic heterocycles. The van der Waals surface area contributed by atoms with E-state index in [2.05, 4.69) is 24.4 Å². The lowest BCUT2D eigenvalue weighted by Crippen LogP contribution is -2.03. The van der Waals surface area contributed by atoms with Crippen LogP contribution in [-0.4, -0.2) is 0 Å². The monoisotopic (exact) mass is 149 g/mol. The Balaban J connectivity index is 2.38. The van der Waals surface area contributed by atoms with E-state index in [0.717, 1.165) is 6.42 Å². The molecule has 1 nitrogen and oxygen atoms in total. The number of hydrogen-bond donors (Lipinski definition) is 1. The Labute approximate surface area is 68.5 Å². The van der Waals surface area contributed by atoms with E-state index in [4.69, 9.17) is 0 Å². The molecule has 0 aromatic rings. The molecule has 0 aliphatic carbocycles. The minimum absolute atomic E-state index is 1.16. The number of hydrogen-bond acceptors (Lipinski definition) is 1. The van der Waals surface area contributed by atoms with E-state index in [1.165, 1.54) is 18.5 Å². The third-order valence-corrected chi connectivity index (χ3v) is 1.68. The van der Waals surface area contributed by atoms with Gasteiger partial charge in [0, 0.05) is 11.9 Å². The van der Waals surface area contributed by atoms with Crippen molar-refractivity contribution in [2.24, 2.45) is 0 Å². The minimum atomic E-state index is 1.16. The largest absolute Gasteiger partial charge is 0.365 e. The van der Waals surface area contributed by atoms with Crippen LogP contribution >= 0.6 is 0 Å². The zero-order valence-corrected chi connectivity index (χ0v) is 7.01. The zero-order valence-electron chi connectivity index (χ0n) is 7.01. The lowest BCUT2D eigenvalue weighted by atomic mass is 10.2. The van der Waals surface area contributed by atoms with Crippen molar-refractivity contribution in [2.45, 2.75) is 26.2 Å². The summed E-state index contributed by atoms with van der Waals surface area (Å²) in [4.78, 5) is 0. The van der Waals surface area contributed by atoms with Crippen molar-refractivity contribution in [1.29, 1.82) is 0 Å². The number of nitrogens with one attached hydrogen (secondary N) is 1. The third-order valence-electron chi connectivity index (χ3n) is 1.68. The fourth-order valence-electron chi connectivity index (χ4n) is 1.02. The second kappa shape index (κ2) is 4.78. The van der Waals surface area contributed by atoms with Crippen LogP contribution in [0.15, 0.2) is 36.2 Å². The van der Waals surface area contributed by atoms with Gasteiger partial charge in [0.15, 0.2) is 0 Å². The Morgan fingerprint density at radius 2 is 2.18 bits per heavy atom. The Morgan fingerprint density at radius 1 is 1.27 bits per heavy atom. The van der Waals surface area contributed by atoms with Gasteiger partial charge in [-0.3, -0.25) is 0 Å². The van der Waals surface area contributed by atoms with E-state index in [-0.39, 0.29) is 0 Å². The minimum Gasteiger partial charge on any atom is -0.365 e. The first-order chi connectivity index (χ1) is 5.43. The molecular formula is C10H15N. The van der Waals surface area contributed by atoms with Gasteiger partial charge in [0.2, 0.25) is 0 Å². The van der Waals surface area contributed by atoms with Crippen molar-refractivity contribution in [3.63, 3.8) is 0 Å². The van der Waals surface area contributed by atoms with Crippen molar-refractivity contribution in [2.75, 3.05) is 0 Å². The lowest BCUT2D eigenvalue weighted by Gasteiger charge is -2.03. The van der Waals surface area contributed by atoms with Crippen LogP contribution in [0, 0.1) is 0 Å². The molecule has 0 bridgehead atoms. The van der Waals surface area contributed by atoms with Gasteiger partial charge in [-0.25, -0.2) is 0 Å². The number of unbranched alkanes of at least 4 members (excludes halogenated alkanes) is 1. The number of rotatable bonds is 3. The molecule has 1 heterocycles. The highest BCUT2D eigenvalue weighted by Crippen LogP contribution is 2.05. The standard InChI is InChI=1S/C10H15N/c1-2-3-7-10-8-5-4-6-9-11-10/h4-6,8-9,11H,2-3,7H2,1H3. The van der Waals surface area contributed by atoms with Crippen molar-refractivity contribution in [3.8, 4) is 0 Å². The van der Waals surface area contributed by atoms with Gasteiger partial charge in [-0.15, -0.1) is 0 Å². The quantitative estimate of drug-likeness (QED) is 0.650. The fraction of sp³-hybridized carbons (Fsp3) is 0.400. The van der Waals surface area contributed by atoms with Gasteiger partial charge >= 0.3 is 0 Å². The van der Waals surface area contributed by atoms with Crippen LogP contribution in [0.1, 0.15) is 26.2 Å². The van der Waals surface area contributed by atoms with E-state index in [9.17, 15) is 0 Å². The summed E-state index contributed by atoms with van der Waals surface area (Å²) in [6.07, 6.45) is 13.9. The molecule has 11 heavy (non-hydrogen) atoms. The van der Waals surface area contributed by atoms with Crippen LogP contribution in [0.25, 0.3) is 0 Å². The predicted octanol–water partition coefficient (Wildman–Crippen LogP) is 2.73. The van der Waals surface area contributed by atoms with Crippen LogP contribution in [0.5, 0.6) is 0 Å². The van der Waals surface area contributed by atoms with Crippen molar-refractivity contribution >= 4 is 0 Å². The van der Waals surface area contributed by atoms with Crippen molar-refractivity contribution in [1.82, 2.24) is 5.32 Å². The molecule has 1 rings (SSSR count). The Hall–Kier alpha value is -0.980. The Bertz CT molecular complexity index is 187. The average molecular weight is 149 g/mol. The first-order valence-corrected chi connectivity index (χ1v) is 4.22. The second-order valence-electron chi connectivity index (χ2n) is 2.68. The van der Waals surface area contributed by atoms with E-state index in [0.29, 0.717) is 0 Å². The molecule has 0 saturated heterocycles. The molecule has 1 heteroatoms. The summed E-state index contributed by atoms with van der Waals surface area (Å²) in [7, 11) is 0. The highest BCUT2D eigenvalue weighted by molar-refractivity contribution is 5.20. The second-order valence-corrected chi connectivity index (χ2v) is 2.68. The summed E-state index contributed by atoms with van der Waals surface area (Å²) in [6.45, 7) is 2.21. The molecule has 60 valence electrons. The van der Waals surface area contributed by atoms with Crippen LogP contribution in [-0.2, 0) is 0 Å². The topological polar surface area (TPSA) is 12.0 Å². The fourth-order valence-corrected chi connectivity index (χ4v) is 1.02. The van der Waals surface area contributed by atoms with Gasteiger partial charge in [0.05, 0.1) is 0 Å². The molecule has 0 radical (unpaired) electrons. The van der Waals surface area contributed by atoms with E-state index < -0.39 is 0 Å². The van der Waals surface area contributed by atoms with Gasteiger partial charge in [-0.1, -0.05) is 25.5 Å². The smallest absolute Gasteiger partial charge is 0.0146 e. The molecule has 0 aromatic heterocycles. The van der Waals surface area contributed by atoms with Gasteiger partial charge in [-0.05, 0) is 25.0 Å². The first-order valence-electron chi connectivity index (χ1n) is 4.22. The van der Waals surface area contributed by atoms with Crippen LogP contribution in [0.2, 0.25) is 0 Å². The normalized spacial score (nSPS) is 15.5. The first kappa shape index (κ1) is 8.12. The highest BCUT2D eigenvalue weighted by Gasteiger charge is 1.92. The van der Waals surface area contributed by atoms with Gasteiger partial charge < -0.3 is 5.32 Å².